The molecule has 0 bridgehead atoms. The van der Waals surface area contributed by atoms with E-state index in [9.17, 15) is 10.0 Å². The van der Waals surface area contributed by atoms with Crippen LogP contribution < -0.4 is 16.5 Å². The van der Waals surface area contributed by atoms with Gasteiger partial charge in [-0.2, -0.15) is 0 Å². The van der Waals surface area contributed by atoms with E-state index >= 15 is 0 Å². The third kappa shape index (κ3) is 2.47. The fraction of sp³-hybridized carbons (Fsp3) is 0.176. The minimum atomic E-state index is -0.265. The zero-order valence-electron chi connectivity index (χ0n) is 12.8. The van der Waals surface area contributed by atoms with Crippen LogP contribution in [0.15, 0.2) is 30.3 Å². The SMILES string of the molecule is Nc1c(C(=O)Nc2ccc(N[O-])cc2)sc2nc3c(cc12)CCC3. The van der Waals surface area contributed by atoms with E-state index in [1.54, 1.807) is 29.7 Å². The van der Waals surface area contributed by atoms with Gasteiger partial charge in [0.25, 0.3) is 5.91 Å². The van der Waals surface area contributed by atoms with E-state index in [1.807, 2.05) is 0 Å². The minimum absolute atomic E-state index is 0.265. The lowest BCUT2D eigenvalue weighted by Crippen LogP contribution is -2.11. The molecule has 1 aromatic carbocycles. The molecule has 7 heteroatoms. The van der Waals surface area contributed by atoms with Crippen LogP contribution in [-0.2, 0) is 12.8 Å². The minimum Gasteiger partial charge on any atom is -0.761 e. The maximum Gasteiger partial charge on any atom is 0.267 e. The Labute approximate surface area is 142 Å². The molecule has 0 saturated heterocycles. The van der Waals surface area contributed by atoms with Crippen molar-refractivity contribution in [3.63, 3.8) is 0 Å². The summed E-state index contributed by atoms with van der Waals surface area (Å²) in [6.07, 6.45) is 3.14. The Morgan fingerprint density at radius 1 is 1.21 bits per heavy atom. The van der Waals surface area contributed by atoms with E-state index in [4.69, 9.17) is 5.73 Å². The molecule has 1 aliphatic rings. The molecule has 0 aliphatic heterocycles. The molecule has 24 heavy (non-hydrogen) atoms. The molecular formula is C17H15N4O2S-. The number of carbonyl (C=O) groups is 1. The molecule has 0 radical (unpaired) electrons. The second kappa shape index (κ2) is 5.77. The van der Waals surface area contributed by atoms with Crippen molar-refractivity contribution >= 4 is 44.5 Å². The van der Waals surface area contributed by atoms with Crippen LogP contribution in [0.3, 0.4) is 0 Å². The summed E-state index contributed by atoms with van der Waals surface area (Å²) in [5.41, 5.74) is 11.9. The van der Waals surface area contributed by atoms with Crippen LogP contribution in [0.5, 0.6) is 0 Å². The summed E-state index contributed by atoms with van der Waals surface area (Å²) >= 11 is 1.31. The number of nitrogen functional groups attached to an aromatic ring is 1. The Hall–Kier alpha value is -2.64. The van der Waals surface area contributed by atoms with Crippen LogP contribution in [0, 0.1) is 5.21 Å². The molecular weight excluding hydrogens is 324 g/mol. The first-order valence-electron chi connectivity index (χ1n) is 7.66. The first-order valence-corrected chi connectivity index (χ1v) is 8.47. The van der Waals surface area contributed by atoms with Crippen molar-refractivity contribution in [3.05, 3.63) is 51.7 Å². The number of hydrogen-bond donors (Lipinski definition) is 3. The maximum atomic E-state index is 12.5. The van der Waals surface area contributed by atoms with E-state index in [-0.39, 0.29) is 5.91 Å². The average Bonchev–Trinajstić information content (AvgIpc) is 3.18. The highest BCUT2D eigenvalue weighted by Crippen LogP contribution is 2.36. The molecule has 6 nitrogen and oxygen atoms in total. The van der Waals surface area contributed by atoms with Crippen LogP contribution in [-0.4, -0.2) is 10.9 Å². The Bertz CT molecular complexity index is 934. The molecule has 4 rings (SSSR count). The van der Waals surface area contributed by atoms with Gasteiger partial charge < -0.3 is 21.7 Å². The van der Waals surface area contributed by atoms with Crippen LogP contribution in [0.1, 0.15) is 27.3 Å². The van der Waals surface area contributed by atoms with Crippen LogP contribution in [0.4, 0.5) is 17.1 Å². The largest absolute Gasteiger partial charge is 0.761 e. The quantitative estimate of drug-likeness (QED) is 0.633. The fourth-order valence-electron chi connectivity index (χ4n) is 2.98. The smallest absolute Gasteiger partial charge is 0.267 e. The number of fused-ring (bicyclic) bond motifs is 2. The number of hydrogen-bond acceptors (Lipinski definition) is 6. The molecule has 1 aliphatic carbocycles. The third-order valence-electron chi connectivity index (χ3n) is 4.22. The summed E-state index contributed by atoms with van der Waals surface area (Å²) in [4.78, 5) is 18.5. The number of nitrogens with two attached hydrogens (primary N) is 1. The molecule has 0 atom stereocenters. The van der Waals surface area contributed by atoms with Crippen molar-refractivity contribution in [1.82, 2.24) is 4.98 Å². The molecule has 122 valence electrons. The summed E-state index contributed by atoms with van der Waals surface area (Å²) in [6.45, 7) is 0. The number of thiophene rings is 1. The number of rotatable bonds is 3. The summed E-state index contributed by atoms with van der Waals surface area (Å²) in [7, 11) is 0. The van der Waals surface area contributed by atoms with E-state index in [0.717, 1.165) is 35.2 Å². The summed E-state index contributed by atoms with van der Waals surface area (Å²) in [5, 5.41) is 14.2. The molecule has 4 N–H and O–H groups in total. The van der Waals surface area contributed by atoms with E-state index in [2.05, 4.69) is 16.4 Å². The fourth-order valence-corrected chi connectivity index (χ4v) is 3.97. The Morgan fingerprint density at radius 2 is 1.96 bits per heavy atom. The average molecular weight is 339 g/mol. The molecule has 1 amide bonds. The van der Waals surface area contributed by atoms with Gasteiger partial charge in [-0.25, -0.2) is 4.98 Å². The molecule has 0 fully saturated rings. The van der Waals surface area contributed by atoms with E-state index in [1.165, 1.54) is 16.9 Å². The van der Waals surface area contributed by atoms with Crippen molar-refractivity contribution < 1.29 is 4.79 Å². The summed E-state index contributed by atoms with van der Waals surface area (Å²) in [5.74, 6) is -0.265. The zero-order chi connectivity index (χ0) is 16.7. The van der Waals surface area contributed by atoms with Gasteiger partial charge in [0.15, 0.2) is 0 Å². The van der Waals surface area contributed by atoms with E-state index in [0.29, 0.717) is 21.9 Å². The second-order valence-corrected chi connectivity index (χ2v) is 6.78. The van der Waals surface area contributed by atoms with Crippen molar-refractivity contribution in [2.24, 2.45) is 0 Å². The summed E-state index contributed by atoms with van der Waals surface area (Å²) in [6, 6.07) is 8.59. The number of benzene rings is 1. The number of nitrogens with one attached hydrogen (secondary N) is 2. The predicted molar refractivity (Wildman–Crippen MR) is 97.4 cm³/mol. The van der Waals surface area contributed by atoms with Gasteiger partial charge in [-0.05, 0) is 55.2 Å². The third-order valence-corrected chi connectivity index (χ3v) is 5.33. The molecule has 0 unspecified atom stereocenters. The van der Waals surface area contributed by atoms with Crippen molar-refractivity contribution in [2.75, 3.05) is 16.5 Å². The van der Waals surface area contributed by atoms with Gasteiger partial charge in [-0.15, -0.1) is 11.3 Å². The molecule has 0 spiro atoms. The number of aryl methyl sites for hydroxylation is 2. The first-order chi connectivity index (χ1) is 11.7. The van der Waals surface area contributed by atoms with Crippen LogP contribution >= 0.6 is 11.3 Å². The zero-order valence-corrected chi connectivity index (χ0v) is 13.6. The van der Waals surface area contributed by atoms with Crippen LogP contribution in [0.25, 0.3) is 10.2 Å². The Kier molecular flexibility index (Phi) is 3.59. The van der Waals surface area contributed by atoms with Gasteiger partial charge in [0, 0.05) is 22.5 Å². The molecule has 3 aromatic rings. The van der Waals surface area contributed by atoms with Crippen molar-refractivity contribution in [1.29, 1.82) is 0 Å². The number of nitrogens with zero attached hydrogens (tertiary/aromatic N) is 1. The number of pyridine rings is 1. The molecule has 0 saturated carbocycles. The Morgan fingerprint density at radius 3 is 2.71 bits per heavy atom. The van der Waals surface area contributed by atoms with Crippen molar-refractivity contribution in [3.8, 4) is 0 Å². The monoisotopic (exact) mass is 339 g/mol. The lowest BCUT2D eigenvalue weighted by molar-refractivity contribution is 0.103. The number of carbonyl (C=O) groups excluding carboxylic acids is 1. The second-order valence-electron chi connectivity index (χ2n) is 5.78. The van der Waals surface area contributed by atoms with Crippen LogP contribution in [0.2, 0.25) is 0 Å². The number of amides is 1. The highest BCUT2D eigenvalue weighted by atomic mass is 32.1. The number of anilines is 3. The normalized spacial score (nSPS) is 13.0. The topological polar surface area (TPSA) is 103 Å². The summed E-state index contributed by atoms with van der Waals surface area (Å²) < 4.78 is 0. The maximum absolute atomic E-state index is 12.5. The molecule has 2 heterocycles. The standard InChI is InChI=1S/C17H15N4O2S/c18-14-12-8-9-2-1-3-13(9)20-17(12)24-15(14)16(22)19-10-4-6-11(21-23)7-5-10/h4-8,21H,1-3,18H2,(H,19,22)/q-1. The van der Waals surface area contributed by atoms with Gasteiger partial charge in [0.05, 0.1) is 5.69 Å². The van der Waals surface area contributed by atoms with Gasteiger partial charge in [-0.3, -0.25) is 4.79 Å². The lowest BCUT2D eigenvalue weighted by atomic mass is 10.1. The highest BCUT2D eigenvalue weighted by Gasteiger charge is 2.21. The van der Waals surface area contributed by atoms with Gasteiger partial charge in [-0.1, -0.05) is 0 Å². The first kappa shape index (κ1) is 14.9. The number of aromatic nitrogens is 1. The highest BCUT2D eigenvalue weighted by molar-refractivity contribution is 7.21. The Balaban J connectivity index is 1.65. The molecule has 2 aromatic heterocycles. The van der Waals surface area contributed by atoms with Gasteiger partial charge >= 0.3 is 0 Å². The van der Waals surface area contributed by atoms with Gasteiger partial charge in [0.1, 0.15) is 9.71 Å². The van der Waals surface area contributed by atoms with Gasteiger partial charge in [0.2, 0.25) is 0 Å². The lowest BCUT2D eigenvalue weighted by Gasteiger charge is -2.10. The predicted octanol–water partition coefficient (Wildman–Crippen LogP) is 3.53. The van der Waals surface area contributed by atoms with E-state index < -0.39 is 0 Å². The van der Waals surface area contributed by atoms with Crippen molar-refractivity contribution in [2.45, 2.75) is 19.3 Å².